The summed E-state index contributed by atoms with van der Waals surface area (Å²) in [5.41, 5.74) is 4.90. The van der Waals surface area contributed by atoms with Crippen LogP contribution in [-0.4, -0.2) is 12.1 Å². The summed E-state index contributed by atoms with van der Waals surface area (Å²) in [4.78, 5) is 11.7. The van der Waals surface area contributed by atoms with E-state index in [1.54, 1.807) is 10.8 Å². The lowest BCUT2D eigenvalue weighted by atomic mass is 9.87. The Morgan fingerprint density at radius 3 is 2.36 bits per heavy atom. The Labute approximate surface area is 131 Å². The van der Waals surface area contributed by atoms with Gasteiger partial charge in [-0.05, 0) is 16.5 Å². The van der Waals surface area contributed by atoms with Crippen LogP contribution in [0.2, 0.25) is 0 Å². The lowest BCUT2D eigenvalue weighted by Crippen LogP contribution is -2.40. The summed E-state index contributed by atoms with van der Waals surface area (Å²) in [6, 6.07) is 13.9. The van der Waals surface area contributed by atoms with Crippen LogP contribution in [0.25, 0.3) is 0 Å². The molecule has 22 heavy (non-hydrogen) atoms. The minimum atomic E-state index is -0.154. The van der Waals surface area contributed by atoms with E-state index in [2.05, 4.69) is 43.4 Å². The highest BCUT2D eigenvalue weighted by atomic mass is 16.2. The van der Waals surface area contributed by atoms with Gasteiger partial charge in [-0.3, -0.25) is 4.79 Å². The summed E-state index contributed by atoms with van der Waals surface area (Å²) < 4.78 is 1.79. The number of carbonyl (C=O) groups is 1. The highest BCUT2D eigenvalue weighted by molar-refractivity contribution is 5.82. The zero-order chi connectivity index (χ0) is 16.0. The Kier molecular flexibility index (Phi) is 5.04. The van der Waals surface area contributed by atoms with Crippen molar-refractivity contribution in [2.75, 3.05) is 0 Å². The van der Waals surface area contributed by atoms with Crippen molar-refractivity contribution in [1.29, 1.82) is 0 Å². The Morgan fingerprint density at radius 2 is 1.77 bits per heavy atom. The van der Waals surface area contributed by atoms with E-state index in [0.717, 1.165) is 5.56 Å². The van der Waals surface area contributed by atoms with Crippen molar-refractivity contribution in [3.05, 3.63) is 66.0 Å². The first-order valence-corrected chi connectivity index (χ1v) is 7.32. The summed E-state index contributed by atoms with van der Waals surface area (Å²) in [7, 11) is 0. The predicted molar refractivity (Wildman–Crippen MR) is 87.5 cm³/mol. The SMILES string of the molecule is CC(C)(C)c1ccc(C=NNC(=O)C[n+]2ccccc2)cc1. The van der Waals surface area contributed by atoms with Gasteiger partial charge < -0.3 is 0 Å². The van der Waals surface area contributed by atoms with E-state index in [1.165, 1.54) is 5.56 Å². The molecule has 4 heteroatoms. The molecule has 1 aromatic heterocycles. The smallest absolute Gasteiger partial charge is 0.266 e. The molecule has 0 spiro atoms. The molecule has 1 N–H and O–H groups in total. The summed E-state index contributed by atoms with van der Waals surface area (Å²) in [6.45, 7) is 6.79. The van der Waals surface area contributed by atoms with Crippen LogP contribution in [0.1, 0.15) is 31.9 Å². The Hall–Kier alpha value is -2.49. The number of hydrazone groups is 1. The first-order chi connectivity index (χ1) is 10.4. The minimum Gasteiger partial charge on any atom is -0.266 e. The third kappa shape index (κ3) is 4.81. The molecule has 1 amide bonds. The number of pyridine rings is 1. The molecule has 0 aliphatic carbocycles. The summed E-state index contributed by atoms with van der Waals surface area (Å²) in [5.74, 6) is -0.154. The molecule has 1 aromatic carbocycles. The fourth-order valence-corrected chi connectivity index (χ4v) is 1.99. The van der Waals surface area contributed by atoms with Gasteiger partial charge in [-0.1, -0.05) is 51.1 Å². The molecule has 0 unspecified atom stereocenters. The molecule has 2 rings (SSSR count). The average Bonchev–Trinajstić information content (AvgIpc) is 2.48. The molecule has 0 saturated heterocycles. The molecule has 0 bridgehead atoms. The molecule has 114 valence electrons. The van der Waals surface area contributed by atoms with Gasteiger partial charge in [0, 0.05) is 12.1 Å². The molecular formula is C18H22N3O+. The number of nitrogens with zero attached hydrogens (tertiary/aromatic N) is 2. The number of hydrogen-bond donors (Lipinski definition) is 1. The van der Waals surface area contributed by atoms with E-state index >= 15 is 0 Å². The van der Waals surface area contributed by atoms with Crippen molar-refractivity contribution >= 4 is 12.1 Å². The number of nitrogens with one attached hydrogen (secondary N) is 1. The second-order valence-electron chi connectivity index (χ2n) is 6.21. The van der Waals surface area contributed by atoms with Crippen molar-refractivity contribution in [2.45, 2.75) is 32.7 Å². The molecule has 0 radical (unpaired) electrons. The lowest BCUT2D eigenvalue weighted by molar-refractivity contribution is -0.684. The Balaban J connectivity index is 1.88. The standard InChI is InChI=1S/C18H21N3O/c1-18(2,3)16-9-7-15(8-10-16)13-19-20-17(22)14-21-11-5-4-6-12-21/h4-13H,14H2,1-3H3/p+1. The van der Waals surface area contributed by atoms with Crippen LogP contribution in [0, 0.1) is 0 Å². The molecular weight excluding hydrogens is 274 g/mol. The van der Waals surface area contributed by atoms with Gasteiger partial charge in [0.1, 0.15) is 0 Å². The zero-order valence-corrected chi connectivity index (χ0v) is 13.3. The minimum absolute atomic E-state index is 0.136. The van der Waals surface area contributed by atoms with Gasteiger partial charge in [0.2, 0.25) is 6.54 Å². The number of aromatic nitrogens is 1. The van der Waals surface area contributed by atoms with Gasteiger partial charge >= 0.3 is 5.91 Å². The Bertz CT molecular complexity index is 640. The number of rotatable bonds is 4. The van der Waals surface area contributed by atoms with Gasteiger partial charge in [-0.2, -0.15) is 9.67 Å². The van der Waals surface area contributed by atoms with Crippen molar-refractivity contribution in [3.8, 4) is 0 Å². The topological polar surface area (TPSA) is 45.3 Å². The van der Waals surface area contributed by atoms with Crippen LogP contribution in [-0.2, 0) is 16.8 Å². The quantitative estimate of drug-likeness (QED) is 0.526. The van der Waals surface area contributed by atoms with Crippen LogP contribution in [0.15, 0.2) is 60.0 Å². The third-order valence-electron chi connectivity index (χ3n) is 3.28. The van der Waals surface area contributed by atoms with E-state index in [1.807, 2.05) is 42.7 Å². The zero-order valence-electron chi connectivity index (χ0n) is 13.3. The van der Waals surface area contributed by atoms with Crippen LogP contribution in [0.4, 0.5) is 0 Å². The maximum atomic E-state index is 11.7. The normalized spacial score (nSPS) is 11.6. The van der Waals surface area contributed by atoms with Gasteiger partial charge in [-0.15, -0.1) is 0 Å². The van der Waals surface area contributed by atoms with Gasteiger partial charge in [0.15, 0.2) is 12.4 Å². The maximum Gasteiger partial charge on any atom is 0.305 e. The number of amides is 1. The highest BCUT2D eigenvalue weighted by Crippen LogP contribution is 2.21. The molecule has 1 heterocycles. The predicted octanol–water partition coefficient (Wildman–Crippen LogP) is 2.42. The second kappa shape index (κ2) is 6.98. The van der Waals surface area contributed by atoms with Gasteiger partial charge in [-0.25, -0.2) is 5.43 Å². The first kappa shape index (κ1) is 15.9. The molecule has 2 aromatic rings. The van der Waals surface area contributed by atoms with Gasteiger partial charge in [0.25, 0.3) is 0 Å². The van der Waals surface area contributed by atoms with Crippen molar-refractivity contribution in [1.82, 2.24) is 5.43 Å². The first-order valence-electron chi connectivity index (χ1n) is 7.32. The fraction of sp³-hybridized carbons (Fsp3) is 0.278. The Morgan fingerprint density at radius 1 is 1.14 bits per heavy atom. The van der Waals surface area contributed by atoms with E-state index in [4.69, 9.17) is 0 Å². The van der Waals surface area contributed by atoms with Crippen LogP contribution >= 0.6 is 0 Å². The number of benzene rings is 1. The van der Waals surface area contributed by atoms with E-state index < -0.39 is 0 Å². The van der Waals surface area contributed by atoms with Crippen LogP contribution < -0.4 is 9.99 Å². The van der Waals surface area contributed by atoms with E-state index in [0.29, 0.717) is 0 Å². The summed E-state index contributed by atoms with van der Waals surface area (Å²) >= 11 is 0. The second-order valence-corrected chi connectivity index (χ2v) is 6.21. The number of hydrogen-bond acceptors (Lipinski definition) is 2. The molecule has 0 aliphatic rings. The number of carbonyl (C=O) groups excluding carboxylic acids is 1. The molecule has 4 nitrogen and oxygen atoms in total. The summed E-state index contributed by atoms with van der Waals surface area (Å²) in [5, 5.41) is 3.99. The maximum absolute atomic E-state index is 11.7. The lowest BCUT2D eigenvalue weighted by Gasteiger charge is -2.18. The molecule has 0 saturated carbocycles. The van der Waals surface area contributed by atoms with Crippen LogP contribution in [0.3, 0.4) is 0 Å². The monoisotopic (exact) mass is 296 g/mol. The van der Waals surface area contributed by atoms with Gasteiger partial charge in [0.05, 0.1) is 6.21 Å². The third-order valence-corrected chi connectivity index (χ3v) is 3.28. The van der Waals surface area contributed by atoms with Crippen molar-refractivity contribution < 1.29 is 9.36 Å². The summed E-state index contributed by atoms with van der Waals surface area (Å²) in [6.07, 6.45) is 5.34. The van der Waals surface area contributed by atoms with E-state index in [-0.39, 0.29) is 17.9 Å². The molecule has 0 aliphatic heterocycles. The largest absolute Gasteiger partial charge is 0.305 e. The molecule has 0 fully saturated rings. The highest BCUT2D eigenvalue weighted by Gasteiger charge is 2.12. The van der Waals surface area contributed by atoms with Crippen molar-refractivity contribution in [2.24, 2.45) is 5.10 Å². The fourth-order valence-electron chi connectivity index (χ4n) is 1.99. The average molecular weight is 296 g/mol. The van der Waals surface area contributed by atoms with Crippen molar-refractivity contribution in [3.63, 3.8) is 0 Å². The van der Waals surface area contributed by atoms with Crippen LogP contribution in [0.5, 0.6) is 0 Å². The van der Waals surface area contributed by atoms with E-state index in [9.17, 15) is 4.79 Å². The molecule has 0 atom stereocenters.